The number of nitriles is 1. The zero-order valence-corrected chi connectivity index (χ0v) is 15.8. The fourth-order valence-corrected chi connectivity index (χ4v) is 3.77. The summed E-state index contributed by atoms with van der Waals surface area (Å²) in [5, 5.41) is 19.0. The molecule has 1 saturated carbocycles. The fraction of sp³-hybridized carbons (Fsp3) is 0.182. The Balaban J connectivity index is 1.56. The summed E-state index contributed by atoms with van der Waals surface area (Å²) in [4.78, 5) is 16.6. The summed E-state index contributed by atoms with van der Waals surface area (Å²) in [6.45, 7) is 0. The molecule has 2 heterocycles. The number of carbonyl (C=O) groups excluding carboxylic acids is 1. The van der Waals surface area contributed by atoms with Crippen LogP contribution in [0.25, 0.3) is 32.8 Å². The molecule has 2 aromatic carbocycles. The van der Waals surface area contributed by atoms with Crippen molar-refractivity contribution in [2.24, 2.45) is 18.9 Å². The number of nitrogens with two attached hydrogens (primary N) is 1. The lowest BCUT2D eigenvalue weighted by Crippen LogP contribution is -2.15. The van der Waals surface area contributed by atoms with Crippen LogP contribution in [0.3, 0.4) is 0 Å². The maximum atomic E-state index is 12.2. The normalized spacial score (nSPS) is 17.9. The minimum Gasteiger partial charge on any atom is -0.398 e. The molecule has 142 valence electrons. The van der Waals surface area contributed by atoms with Crippen LogP contribution in [0.1, 0.15) is 6.42 Å². The number of amides is 1. The Bertz CT molecular complexity index is 1330. The van der Waals surface area contributed by atoms with Gasteiger partial charge < -0.3 is 11.1 Å². The maximum absolute atomic E-state index is 12.2. The van der Waals surface area contributed by atoms with Crippen molar-refractivity contribution in [1.82, 2.24) is 14.8 Å². The molecule has 0 spiro atoms. The summed E-state index contributed by atoms with van der Waals surface area (Å²) in [7, 11) is 1.90. The number of rotatable bonds is 3. The summed E-state index contributed by atoms with van der Waals surface area (Å²) in [5.41, 5.74) is 9.86. The van der Waals surface area contributed by atoms with E-state index in [1.54, 1.807) is 10.9 Å². The SMILES string of the molecule is Cn1cc2c(-c3cc(N)c4cnc(NC(=O)C5CC5C#N)cc4c3)cccc2n1. The lowest BCUT2D eigenvalue weighted by Gasteiger charge is -2.10. The Morgan fingerprint density at radius 2 is 2.17 bits per heavy atom. The number of carbonyl (C=O) groups is 1. The number of hydrogen-bond donors (Lipinski definition) is 2. The van der Waals surface area contributed by atoms with E-state index in [1.165, 1.54) is 0 Å². The largest absolute Gasteiger partial charge is 0.398 e. The summed E-state index contributed by atoms with van der Waals surface area (Å²) >= 11 is 0. The third-order valence-electron chi connectivity index (χ3n) is 5.39. The van der Waals surface area contributed by atoms with Gasteiger partial charge in [-0.15, -0.1) is 0 Å². The molecule has 0 aliphatic heterocycles. The van der Waals surface area contributed by atoms with E-state index in [9.17, 15) is 4.79 Å². The molecular weight excluding hydrogens is 364 g/mol. The van der Waals surface area contributed by atoms with E-state index >= 15 is 0 Å². The highest BCUT2D eigenvalue weighted by molar-refractivity contribution is 6.03. The van der Waals surface area contributed by atoms with Gasteiger partial charge in [-0.1, -0.05) is 12.1 Å². The standard InChI is InChI=1S/C22H18N6O/c1-28-11-18-15(3-2-4-20(18)27-28)12-5-13-8-21(25-10-17(13)19(24)7-12)26-22(29)16-6-14(16)9-23/h2-5,7-8,10-11,14,16H,6,24H2,1H3,(H,25,26,29). The number of pyridine rings is 1. The average Bonchev–Trinajstić information content (AvgIpc) is 3.40. The van der Waals surface area contributed by atoms with E-state index in [4.69, 9.17) is 11.0 Å². The van der Waals surface area contributed by atoms with E-state index in [2.05, 4.69) is 21.5 Å². The van der Waals surface area contributed by atoms with Gasteiger partial charge in [0.15, 0.2) is 0 Å². The second-order valence-corrected chi connectivity index (χ2v) is 7.46. The topological polar surface area (TPSA) is 110 Å². The van der Waals surface area contributed by atoms with Gasteiger partial charge in [0.25, 0.3) is 0 Å². The molecule has 1 aliphatic carbocycles. The van der Waals surface area contributed by atoms with Crippen LogP contribution in [0.5, 0.6) is 0 Å². The van der Waals surface area contributed by atoms with Gasteiger partial charge in [-0.05, 0) is 47.2 Å². The molecule has 1 fully saturated rings. The molecule has 0 radical (unpaired) electrons. The third-order valence-corrected chi connectivity index (χ3v) is 5.39. The first-order valence-electron chi connectivity index (χ1n) is 9.36. The minimum atomic E-state index is -0.239. The first kappa shape index (κ1) is 17.2. The molecule has 2 atom stereocenters. The van der Waals surface area contributed by atoms with Gasteiger partial charge in [-0.3, -0.25) is 9.48 Å². The molecule has 2 unspecified atom stereocenters. The van der Waals surface area contributed by atoms with Crippen LogP contribution < -0.4 is 11.1 Å². The van der Waals surface area contributed by atoms with Crippen molar-refractivity contribution in [2.75, 3.05) is 11.1 Å². The summed E-state index contributed by atoms with van der Waals surface area (Å²) in [6, 6.07) is 13.9. The molecule has 7 heteroatoms. The molecule has 2 aromatic heterocycles. The van der Waals surface area contributed by atoms with Crippen LogP contribution >= 0.6 is 0 Å². The number of benzene rings is 2. The van der Waals surface area contributed by atoms with Gasteiger partial charge >= 0.3 is 0 Å². The number of aromatic nitrogens is 3. The summed E-state index contributed by atoms with van der Waals surface area (Å²) < 4.78 is 1.79. The van der Waals surface area contributed by atoms with E-state index in [1.807, 2.05) is 49.6 Å². The lowest BCUT2D eigenvalue weighted by molar-refractivity contribution is -0.117. The zero-order chi connectivity index (χ0) is 20.1. The van der Waals surface area contributed by atoms with E-state index in [0.717, 1.165) is 32.8 Å². The number of nitrogens with one attached hydrogen (secondary N) is 1. The van der Waals surface area contributed by atoms with Gasteiger partial charge in [0.05, 0.1) is 23.4 Å². The van der Waals surface area contributed by atoms with Crippen LogP contribution in [0.15, 0.2) is 48.8 Å². The van der Waals surface area contributed by atoms with Crippen molar-refractivity contribution in [2.45, 2.75) is 6.42 Å². The first-order chi connectivity index (χ1) is 14.0. The fourth-order valence-electron chi connectivity index (χ4n) is 3.77. The molecule has 7 nitrogen and oxygen atoms in total. The van der Waals surface area contributed by atoms with Gasteiger partial charge in [-0.2, -0.15) is 10.4 Å². The van der Waals surface area contributed by atoms with Crippen molar-refractivity contribution < 1.29 is 4.79 Å². The molecule has 29 heavy (non-hydrogen) atoms. The zero-order valence-electron chi connectivity index (χ0n) is 15.8. The molecule has 4 aromatic rings. The van der Waals surface area contributed by atoms with Crippen LogP contribution in [-0.2, 0) is 11.8 Å². The second-order valence-electron chi connectivity index (χ2n) is 7.46. The van der Waals surface area contributed by atoms with E-state index in [-0.39, 0.29) is 17.7 Å². The van der Waals surface area contributed by atoms with E-state index < -0.39 is 0 Å². The number of nitrogen functional groups attached to an aromatic ring is 1. The Labute approximate surface area is 166 Å². The number of fused-ring (bicyclic) bond motifs is 2. The predicted molar refractivity (Wildman–Crippen MR) is 112 cm³/mol. The molecule has 3 N–H and O–H groups in total. The maximum Gasteiger partial charge on any atom is 0.230 e. The van der Waals surface area contributed by atoms with Gasteiger partial charge in [0.2, 0.25) is 5.91 Å². The van der Waals surface area contributed by atoms with Crippen molar-refractivity contribution in [1.29, 1.82) is 5.26 Å². The average molecular weight is 382 g/mol. The Kier molecular flexibility index (Phi) is 3.74. The Morgan fingerprint density at radius 3 is 2.97 bits per heavy atom. The Hall–Kier alpha value is -3.92. The lowest BCUT2D eigenvalue weighted by atomic mass is 9.98. The van der Waals surface area contributed by atoms with Crippen molar-refractivity contribution in [3.05, 3.63) is 48.8 Å². The highest BCUT2D eigenvalue weighted by Crippen LogP contribution is 2.39. The smallest absolute Gasteiger partial charge is 0.230 e. The monoisotopic (exact) mass is 382 g/mol. The highest BCUT2D eigenvalue weighted by Gasteiger charge is 2.43. The first-order valence-corrected chi connectivity index (χ1v) is 9.36. The number of hydrogen-bond acceptors (Lipinski definition) is 5. The minimum absolute atomic E-state index is 0.160. The number of nitrogens with zero attached hydrogens (tertiary/aromatic N) is 4. The van der Waals surface area contributed by atoms with Gasteiger partial charge in [0, 0.05) is 35.9 Å². The van der Waals surface area contributed by atoms with E-state index in [0.29, 0.717) is 17.9 Å². The van der Waals surface area contributed by atoms with Gasteiger partial charge in [-0.25, -0.2) is 4.98 Å². The summed E-state index contributed by atoms with van der Waals surface area (Å²) in [5.74, 6) is -0.121. The van der Waals surface area contributed by atoms with Crippen LogP contribution in [0.2, 0.25) is 0 Å². The number of anilines is 2. The Morgan fingerprint density at radius 1 is 1.31 bits per heavy atom. The molecule has 0 saturated heterocycles. The molecule has 1 amide bonds. The van der Waals surface area contributed by atoms with Crippen LogP contribution in [-0.4, -0.2) is 20.7 Å². The van der Waals surface area contributed by atoms with Crippen molar-refractivity contribution >= 4 is 39.1 Å². The number of aryl methyl sites for hydroxylation is 1. The van der Waals surface area contributed by atoms with Gasteiger partial charge in [0.1, 0.15) is 5.82 Å². The highest BCUT2D eigenvalue weighted by atomic mass is 16.2. The quantitative estimate of drug-likeness (QED) is 0.527. The molecule has 0 bridgehead atoms. The third kappa shape index (κ3) is 2.95. The molecular formula is C22H18N6O. The van der Waals surface area contributed by atoms with Crippen molar-refractivity contribution in [3.63, 3.8) is 0 Å². The second kappa shape index (κ2) is 6.31. The molecule has 1 aliphatic rings. The van der Waals surface area contributed by atoms with Crippen molar-refractivity contribution in [3.8, 4) is 17.2 Å². The summed E-state index contributed by atoms with van der Waals surface area (Å²) in [6.07, 6.45) is 4.27. The predicted octanol–water partition coefficient (Wildman–Crippen LogP) is 3.47. The van der Waals surface area contributed by atoms with Crippen LogP contribution in [0, 0.1) is 23.2 Å². The molecule has 5 rings (SSSR count). The van der Waals surface area contributed by atoms with Crippen LogP contribution in [0.4, 0.5) is 11.5 Å².